The molecule has 0 atom stereocenters. The van der Waals surface area contributed by atoms with Crippen LogP contribution >= 0.6 is 0 Å². The number of aryl methyl sites for hydroxylation is 2. The molecule has 0 unspecified atom stereocenters. The van der Waals surface area contributed by atoms with Crippen molar-refractivity contribution in [2.75, 3.05) is 5.32 Å². The Labute approximate surface area is 131 Å². The Morgan fingerprint density at radius 1 is 1.09 bits per heavy atom. The molecule has 0 radical (unpaired) electrons. The second-order valence-electron chi connectivity index (χ2n) is 6.57. The lowest BCUT2D eigenvalue weighted by molar-refractivity contribution is 0.436. The van der Waals surface area contributed by atoms with Gasteiger partial charge >= 0.3 is 0 Å². The van der Waals surface area contributed by atoms with Crippen molar-refractivity contribution in [2.45, 2.75) is 64.2 Å². The molecule has 0 bridgehead atoms. The van der Waals surface area contributed by atoms with Gasteiger partial charge in [-0.15, -0.1) is 0 Å². The third-order valence-electron chi connectivity index (χ3n) is 4.93. The standard InChI is InChI=1S/C17H23N5/c1-11-18-14-9-5-8-13(14)17(19-11)20-16-10-15(21-22-16)12-6-3-2-4-7-12/h10,12H,2-9H2,1H3,(H2,18,19,20,21,22). The zero-order valence-electron chi connectivity index (χ0n) is 13.2. The predicted molar refractivity (Wildman–Crippen MR) is 86.5 cm³/mol. The molecule has 2 aromatic rings. The molecule has 1 fully saturated rings. The van der Waals surface area contributed by atoms with E-state index in [0.29, 0.717) is 5.92 Å². The van der Waals surface area contributed by atoms with Crippen LogP contribution in [0.15, 0.2) is 6.07 Å². The largest absolute Gasteiger partial charge is 0.323 e. The van der Waals surface area contributed by atoms with Gasteiger partial charge in [-0.2, -0.15) is 5.10 Å². The molecule has 1 saturated carbocycles. The van der Waals surface area contributed by atoms with Gasteiger partial charge in [0.2, 0.25) is 0 Å². The Kier molecular flexibility index (Phi) is 3.56. The number of nitrogens with zero attached hydrogens (tertiary/aromatic N) is 3. The molecule has 5 heteroatoms. The molecule has 0 spiro atoms. The quantitative estimate of drug-likeness (QED) is 0.904. The number of hydrogen-bond donors (Lipinski definition) is 2. The number of fused-ring (bicyclic) bond motifs is 1. The molecule has 0 aromatic carbocycles. The van der Waals surface area contributed by atoms with Gasteiger partial charge in [-0.25, -0.2) is 9.97 Å². The van der Waals surface area contributed by atoms with Gasteiger partial charge in [0.1, 0.15) is 11.6 Å². The van der Waals surface area contributed by atoms with E-state index in [0.717, 1.165) is 30.3 Å². The molecule has 0 amide bonds. The van der Waals surface area contributed by atoms with Crippen LogP contribution in [0.1, 0.15) is 67.2 Å². The van der Waals surface area contributed by atoms with Gasteiger partial charge in [0.05, 0.1) is 0 Å². The fourth-order valence-electron chi connectivity index (χ4n) is 3.80. The number of rotatable bonds is 3. The molecule has 116 valence electrons. The summed E-state index contributed by atoms with van der Waals surface area (Å²) in [5.74, 6) is 3.32. The highest BCUT2D eigenvalue weighted by Gasteiger charge is 2.20. The molecular formula is C17H23N5. The van der Waals surface area contributed by atoms with Gasteiger partial charge in [0.15, 0.2) is 5.82 Å². The highest BCUT2D eigenvalue weighted by atomic mass is 15.2. The molecule has 2 aliphatic carbocycles. The average Bonchev–Trinajstić information content (AvgIpc) is 3.17. The summed E-state index contributed by atoms with van der Waals surface area (Å²) in [5, 5.41) is 11.1. The van der Waals surface area contributed by atoms with Gasteiger partial charge in [-0.05, 0) is 39.0 Å². The van der Waals surface area contributed by atoms with E-state index in [2.05, 4.69) is 31.5 Å². The zero-order chi connectivity index (χ0) is 14.9. The van der Waals surface area contributed by atoms with E-state index >= 15 is 0 Å². The first-order valence-corrected chi connectivity index (χ1v) is 8.48. The van der Waals surface area contributed by atoms with Gasteiger partial charge in [-0.1, -0.05) is 19.3 Å². The van der Waals surface area contributed by atoms with Crippen molar-refractivity contribution < 1.29 is 0 Å². The van der Waals surface area contributed by atoms with Crippen molar-refractivity contribution in [3.63, 3.8) is 0 Å². The molecule has 0 aliphatic heterocycles. The summed E-state index contributed by atoms with van der Waals surface area (Å²) in [4.78, 5) is 9.14. The van der Waals surface area contributed by atoms with Gasteiger partial charge in [-0.3, -0.25) is 5.10 Å². The molecule has 2 N–H and O–H groups in total. The zero-order valence-corrected chi connectivity index (χ0v) is 13.2. The summed E-state index contributed by atoms with van der Waals surface area (Å²) < 4.78 is 0. The summed E-state index contributed by atoms with van der Waals surface area (Å²) >= 11 is 0. The Morgan fingerprint density at radius 3 is 2.82 bits per heavy atom. The highest BCUT2D eigenvalue weighted by Crippen LogP contribution is 2.33. The van der Waals surface area contributed by atoms with E-state index in [-0.39, 0.29) is 0 Å². The van der Waals surface area contributed by atoms with Crippen LogP contribution in [0.2, 0.25) is 0 Å². The molecule has 4 rings (SSSR count). The van der Waals surface area contributed by atoms with Crippen molar-refractivity contribution in [2.24, 2.45) is 0 Å². The minimum absolute atomic E-state index is 0.648. The lowest BCUT2D eigenvalue weighted by Gasteiger charge is -2.19. The number of H-pyrrole nitrogens is 1. The lowest BCUT2D eigenvalue weighted by Crippen LogP contribution is -2.04. The fourth-order valence-corrected chi connectivity index (χ4v) is 3.80. The SMILES string of the molecule is Cc1nc2c(c(Nc3cc(C4CCCCC4)[nH]n3)n1)CCC2. The average molecular weight is 297 g/mol. The molecule has 2 aromatic heterocycles. The maximum Gasteiger partial charge on any atom is 0.153 e. The van der Waals surface area contributed by atoms with Crippen LogP contribution in [0.5, 0.6) is 0 Å². The van der Waals surface area contributed by atoms with Crippen LogP contribution in [-0.4, -0.2) is 20.2 Å². The van der Waals surface area contributed by atoms with Gasteiger partial charge in [0, 0.05) is 28.9 Å². The minimum Gasteiger partial charge on any atom is -0.323 e. The van der Waals surface area contributed by atoms with Gasteiger partial charge in [0.25, 0.3) is 0 Å². The van der Waals surface area contributed by atoms with Crippen LogP contribution in [0.3, 0.4) is 0 Å². The maximum atomic E-state index is 4.59. The van der Waals surface area contributed by atoms with E-state index in [4.69, 9.17) is 0 Å². The summed E-state index contributed by atoms with van der Waals surface area (Å²) in [6, 6.07) is 2.16. The Hall–Kier alpha value is -1.91. The predicted octanol–water partition coefficient (Wildman–Crippen LogP) is 3.79. The van der Waals surface area contributed by atoms with Gasteiger partial charge < -0.3 is 5.32 Å². The van der Waals surface area contributed by atoms with Crippen molar-refractivity contribution in [3.8, 4) is 0 Å². The number of nitrogens with one attached hydrogen (secondary N) is 2. The second-order valence-corrected chi connectivity index (χ2v) is 6.57. The summed E-state index contributed by atoms with van der Waals surface area (Å²) in [7, 11) is 0. The third-order valence-corrected chi connectivity index (χ3v) is 4.93. The van der Waals surface area contributed by atoms with E-state index in [1.165, 1.54) is 55.5 Å². The summed E-state index contributed by atoms with van der Waals surface area (Å²) in [6.45, 7) is 1.96. The van der Waals surface area contributed by atoms with Crippen LogP contribution in [-0.2, 0) is 12.8 Å². The number of anilines is 2. The second kappa shape index (κ2) is 5.71. The third kappa shape index (κ3) is 2.60. The highest BCUT2D eigenvalue weighted by molar-refractivity contribution is 5.58. The molecule has 2 heterocycles. The Balaban J connectivity index is 1.56. The van der Waals surface area contributed by atoms with Crippen molar-refractivity contribution in [1.29, 1.82) is 0 Å². The molecule has 5 nitrogen and oxygen atoms in total. The van der Waals surface area contributed by atoms with Crippen LogP contribution in [0.25, 0.3) is 0 Å². The lowest BCUT2D eigenvalue weighted by atomic mass is 9.87. The molecule has 0 saturated heterocycles. The monoisotopic (exact) mass is 297 g/mol. The van der Waals surface area contributed by atoms with Crippen molar-refractivity contribution in [1.82, 2.24) is 20.2 Å². The van der Waals surface area contributed by atoms with Crippen molar-refractivity contribution >= 4 is 11.6 Å². The van der Waals surface area contributed by atoms with Crippen LogP contribution < -0.4 is 5.32 Å². The maximum absolute atomic E-state index is 4.59. The first-order valence-electron chi connectivity index (χ1n) is 8.48. The summed E-state index contributed by atoms with van der Waals surface area (Å²) in [6.07, 6.45) is 9.93. The van der Waals surface area contributed by atoms with E-state index in [1.807, 2.05) is 6.92 Å². The Morgan fingerprint density at radius 2 is 1.95 bits per heavy atom. The first kappa shape index (κ1) is 13.7. The number of aromatic amines is 1. The molecule has 2 aliphatic rings. The molecule has 22 heavy (non-hydrogen) atoms. The summed E-state index contributed by atoms with van der Waals surface area (Å²) in [5.41, 5.74) is 3.75. The first-order chi connectivity index (χ1) is 10.8. The van der Waals surface area contributed by atoms with E-state index in [1.54, 1.807) is 0 Å². The topological polar surface area (TPSA) is 66.5 Å². The van der Waals surface area contributed by atoms with E-state index < -0.39 is 0 Å². The van der Waals surface area contributed by atoms with Crippen LogP contribution in [0.4, 0.5) is 11.6 Å². The van der Waals surface area contributed by atoms with E-state index in [9.17, 15) is 0 Å². The van der Waals surface area contributed by atoms with Crippen LogP contribution in [0, 0.1) is 6.92 Å². The molecular weight excluding hydrogens is 274 g/mol. The number of aromatic nitrogens is 4. The minimum atomic E-state index is 0.648. The fraction of sp³-hybridized carbons (Fsp3) is 0.588. The number of hydrogen-bond acceptors (Lipinski definition) is 4. The normalized spacial score (nSPS) is 18.4. The van der Waals surface area contributed by atoms with Crippen molar-refractivity contribution in [3.05, 3.63) is 28.8 Å². The smallest absolute Gasteiger partial charge is 0.153 e. The Bertz CT molecular complexity index is 670.